The average molecular weight is 263 g/mol. The first-order valence-electron chi connectivity index (χ1n) is 6.84. The number of nitrogens with one attached hydrogen (secondary N) is 2. The van der Waals surface area contributed by atoms with Gasteiger partial charge in [-0.1, -0.05) is 12.8 Å². The third-order valence-electron chi connectivity index (χ3n) is 3.39. The molecule has 0 unspecified atom stereocenters. The topological polar surface area (TPSA) is 92.9 Å². The molecule has 1 amide bonds. The van der Waals surface area contributed by atoms with Gasteiger partial charge < -0.3 is 16.4 Å². The van der Waals surface area contributed by atoms with Gasteiger partial charge in [0, 0.05) is 18.6 Å². The Balaban J connectivity index is 1.96. The van der Waals surface area contributed by atoms with E-state index >= 15 is 0 Å². The van der Waals surface area contributed by atoms with E-state index in [0.29, 0.717) is 18.1 Å². The van der Waals surface area contributed by atoms with Crippen LogP contribution in [0.4, 0.5) is 5.82 Å². The van der Waals surface area contributed by atoms with Crippen molar-refractivity contribution in [1.29, 1.82) is 0 Å². The highest BCUT2D eigenvalue weighted by atomic mass is 16.1. The highest BCUT2D eigenvalue weighted by Gasteiger charge is 2.21. The Morgan fingerprint density at radius 2 is 2.16 bits per heavy atom. The molecule has 1 aromatic heterocycles. The van der Waals surface area contributed by atoms with E-state index in [1.54, 1.807) is 12.1 Å². The fourth-order valence-corrected chi connectivity index (χ4v) is 2.31. The highest BCUT2D eigenvalue weighted by Crippen LogP contribution is 2.19. The van der Waals surface area contributed by atoms with Crippen LogP contribution in [0.1, 0.15) is 43.1 Å². The van der Waals surface area contributed by atoms with Crippen LogP contribution in [0.5, 0.6) is 0 Å². The molecule has 6 nitrogen and oxygen atoms in total. The summed E-state index contributed by atoms with van der Waals surface area (Å²) in [5.41, 5.74) is 6.40. The number of amides is 1. The molecule has 0 spiro atoms. The number of hydrogen-bond acceptors (Lipinski definition) is 5. The van der Waals surface area contributed by atoms with Gasteiger partial charge in [0.2, 0.25) is 0 Å². The summed E-state index contributed by atoms with van der Waals surface area (Å²) in [6.45, 7) is 2.45. The fraction of sp³-hybridized carbons (Fsp3) is 0.615. The van der Waals surface area contributed by atoms with E-state index in [1.165, 1.54) is 12.8 Å². The van der Waals surface area contributed by atoms with Crippen LogP contribution in [0.25, 0.3) is 0 Å². The smallest absolute Gasteiger partial charge is 0.271 e. The standard InChI is InChI=1S/C13H21N5O/c1-2-15-13(19)11-7-8-12(18-17-11)16-10-6-4-3-5-9(10)14/h7-10H,2-6,14H2,1H3,(H,15,19)(H,16,18)/t9-,10-/m1/s1. The number of carbonyl (C=O) groups is 1. The number of hydrogen-bond donors (Lipinski definition) is 3. The average Bonchev–Trinajstić information content (AvgIpc) is 2.42. The van der Waals surface area contributed by atoms with E-state index in [2.05, 4.69) is 20.8 Å². The lowest BCUT2D eigenvalue weighted by Crippen LogP contribution is -2.42. The molecule has 0 aliphatic heterocycles. The molecule has 1 heterocycles. The number of nitrogens with zero attached hydrogens (tertiary/aromatic N) is 2. The number of rotatable bonds is 4. The van der Waals surface area contributed by atoms with Crippen molar-refractivity contribution in [3.05, 3.63) is 17.8 Å². The Labute approximate surface area is 113 Å². The summed E-state index contributed by atoms with van der Waals surface area (Å²) in [5.74, 6) is 0.478. The van der Waals surface area contributed by atoms with E-state index in [4.69, 9.17) is 5.73 Å². The van der Waals surface area contributed by atoms with E-state index in [1.807, 2.05) is 6.92 Å². The van der Waals surface area contributed by atoms with Crippen LogP contribution in [0.15, 0.2) is 12.1 Å². The normalized spacial score (nSPS) is 22.8. The molecule has 0 radical (unpaired) electrons. The molecule has 1 fully saturated rings. The summed E-state index contributed by atoms with van der Waals surface area (Å²) in [7, 11) is 0. The number of anilines is 1. The van der Waals surface area contributed by atoms with Crippen molar-refractivity contribution in [2.45, 2.75) is 44.7 Å². The van der Waals surface area contributed by atoms with Crippen LogP contribution in [0.3, 0.4) is 0 Å². The Morgan fingerprint density at radius 1 is 1.37 bits per heavy atom. The predicted molar refractivity (Wildman–Crippen MR) is 73.9 cm³/mol. The Hall–Kier alpha value is -1.69. The summed E-state index contributed by atoms with van der Waals surface area (Å²) in [5, 5.41) is 13.9. The van der Waals surface area contributed by atoms with Gasteiger partial charge in [-0.25, -0.2) is 0 Å². The van der Waals surface area contributed by atoms with Crippen molar-refractivity contribution in [2.75, 3.05) is 11.9 Å². The quantitative estimate of drug-likeness (QED) is 0.750. The fourth-order valence-electron chi connectivity index (χ4n) is 2.31. The predicted octanol–water partition coefficient (Wildman–Crippen LogP) is 0.908. The van der Waals surface area contributed by atoms with Gasteiger partial charge in [-0.05, 0) is 31.9 Å². The first kappa shape index (κ1) is 13.7. The molecule has 2 atom stereocenters. The maximum absolute atomic E-state index is 11.5. The Bertz CT molecular complexity index is 420. The van der Waals surface area contributed by atoms with Crippen LogP contribution in [0.2, 0.25) is 0 Å². The lowest BCUT2D eigenvalue weighted by atomic mass is 9.91. The molecule has 104 valence electrons. The molecule has 19 heavy (non-hydrogen) atoms. The number of aromatic nitrogens is 2. The third kappa shape index (κ3) is 3.64. The van der Waals surface area contributed by atoms with Crippen molar-refractivity contribution < 1.29 is 4.79 Å². The monoisotopic (exact) mass is 263 g/mol. The van der Waals surface area contributed by atoms with Crippen molar-refractivity contribution >= 4 is 11.7 Å². The molecule has 0 saturated heterocycles. The zero-order valence-electron chi connectivity index (χ0n) is 11.2. The van der Waals surface area contributed by atoms with Gasteiger partial charge in [0.1, 0.15) is 5.82 Å². The number of nitrogens with two attached hydrogens (primary N) is 1. The van der Waals surface area contributed by atoms with Crippen LogP contribution >= 0.6 is 0 Å². The zero-order valence-corrected chi connectivity index (χ0v) is 11.2. The SMILES string of the molecule is CCNC(=O)c1ccc(N[C@@H]2CCCC[C@H]2N)nn1. The second kappa shape index (κ2) is 6.47. The van der Waals surface area contributed by atoms with E-state index in [-0.39, 0.29) is 18.0 Å². The minimum absolute atomic E-state index is 0.165. The van der Waals surface area contributed by atoms with Crippen LogP contribution in [-0.2, 0) is 0 Å². The molecule has 1 aliphatic carbocycles. The molecular weight excluding hydrogens is 242 g/mol. The molecule has 6 heteroatoms. The van der Waals surface area contributed by atoms with Gasteiger partial charge in [0.15, 0.2) is 5.69 Å². The maximum atomic E-state index is 11.5. The summed E-state index contributed by atoms with van der Waals surface area (Å²) < 4.78 is 0. The first-order valence-corrected chi connectivity index (χ1v) is 6.84. The molecular formula is C13H21N5O. The third-order valence-corrected chi connectivity index (χ3v) is 3.39. The van der Waals surface area contributed by atoms with Gasteiger partial charge >= 0.3 is 0 Å². The number of carbonyl (C=O) groups excluding carboxylic acids is 1. The molecule has 0 bridgehead atoms. The minimum Gasteiger partial charge on any atom is -0.364 e. The van der Waals surface area contributed by atoms with E-state index < -0.39 is 0 Å². The van der Waals surface area contributed by atoms with Crippen molar-refractivity contribution in [2.24, 2.45) is 5.73 Å². The molecule has 1 aromatic rings. The summed E-state index contributed by atoms with van der Waals surface area (Å²) in [6.07, 6.45) is 4.49. The molecule has 2 rings (SSSR count). The summed E-state index contributed by atoms with van der Waals surface area (Å²) >= 11 is 0. The van der Waals surface area contributed by atoms with Gasteiger partial charge in [0.25, 0.3) is 5.91 Å². The lowest BCUT2D eigenvalue weighted by Gasteiger charge is -2.29. The maximum Gasteiger partial charge on any atom is 0.271 e. The minimum atomic E-state index is -0.198. The van der Waals surface area contributed by atoms with Crippen molar-refractivity contribution in [1.82, 2.24) is 15.5 Å². The Kier molecular flexibility index (Phi) is 4.68. The zero-order chi connectivity index (χ0) is 13.7. The molecule has 1 aliphatic rings. The van der Waals surface area contributed by atoms with Crippen LogP contribution in [-0.4, -0.2) is 34.7 Å². The highest BCUT2D eigenvalue weighted by molar-refractivity contribution is 5.92. The Morgan fingerprint density at radius 3 is 2.79 bits per heavy atom. The van der Waals surface area contributed by atoms with Gasteiger partial charge in [-0.15, -0.1) is 10.2 Å². The van der Waals surface area contributed by atoms with Gasteiger partial charge in [-0.3, -0.25) is 4.79 Å². The lowest BCUT2D eigenvalue weighted by molar-refractivity contribution is 0.0950. The second-order valence-corrected chi connectivity index (χ2v) is 4.86. The molecule has 0 aromatic carbocycles. The van der Waals surface area contributed by atoms with Crippen molar-refractivity contribution in [3.8, 4) is 0 Å². The van der Waals surface area contributed by atoms with E-state index in [9.17, 15) is 4.79 Å². The van der Waals surface area contributed by atoms with E-state index in [0.717, 1.165) is 12.8 Å². The van der Waals surface area contributed by atoms with Crippen LogP contribution in [0, 0.1) is 0 Å². The summed E-state index contributed by atoms with van der Waals surface area (Å²) in [4.78, 5) is 11.5. The van der Waals surface area contributed by atoms with Crippen LogP contribution < -0.4 is 16.4 Å². The first-order chi connectivity index (χ1) is 9.20. The second-order valence-electron chi connectivity index (χ2n) is 4.86. The molecule has 1 saturated carbocycles. The van der Waals surface area contributed by atoms with Gasteiger partial charge in [0.05, 0.1) is 0 Å². The molecule has 4 N–H and O–H groups in total. The van der Waals surface area contributed by atoms with Gasteiger partial charge in [-0.2, -0.15) is 0 Å². The summed E-state index contributed by atoms with van der Waals surface area (Å²) in [6, 6.07) is 3.87. The van der Waals surface area contributed by atoms with Crippen molar-refractivity contribution in [3.63, 3.8) is 0 Å². The largest absolute Gasteiger partial charge is 0.364 e.